The van der Waals surface area contributed by atoms with Crippen LogP contribution in [0.15, 0.2) is 25.3 Å². The Kier molecular flexibility index (Phi) is 2.06. The largest absolute Gasteiger partial charge is 0.0984 e. The molecule has 0 saturated heterocycles. The van der Waals surface area contributed by atoms with Crippen molar-refractivity contribution in [1.82, 2.24) is 0 Å². The zero-order valence-electron chi connectivity index (χ0n) is 5.72. The van der Waals surface area contributed by atoms with E-state index in [1.54, 1.807) is 12.2 Å². The van der Waals surface area contributed by atoms with Crippen LogP contribution in [0.1, 0.15) is 11.1 Å². The molecule has 48 valence electrons. The van der Waals surface area contributed by atoms with Gasteiger partial charge in [0.25, 0.3) is 0 Å². The second-order valence-electron chi connectivity index (χ2n) is 1.86. The molecule has 0 bridgehead atoms. The summed E-state index contributed by atoms with van der Waals surface area (Å²) in [6, 6.07) is 9.65. The van der Waals surface area contributed by atoms with Gasteiger partial charge in [-0.15, -0.1) is 0 Å². The zero-order chi connectivity index (χ0) is 7.40. The van der Waals surface area contributed by atoms with Gasteiger partial charge in [-0.05, 0) is 23.3 Å². The van der Waals surface area contributed by atoms with Gasteiger partial charge < -0.3 is 0 Å². The molecule has 0 spiro atoms. The number of hydrogen-bond acceptors (Lipinski definition) is 0. The van der Waals surface area contributed by atoms with E-state index in [-0.39, 0.29) is 0 Å². The molecule has 1 rings (SSSR count). The number of benzene rings is 1. The summed E-state index contributed by atoms with van der Waals surface area (Å²) in [5.74, 6) is 0. The van der Waals surface area contributed by atoms with E-state index in [1.807, 2.05) is 12.1 Å². The molecule has 0 aliphatic heterocycles. The van der Waals surface area contributed by atoms with Gasteiger partial charge in [-0.1, -0.05) is 37.4 Å². The van der Waals surface area contributed by atoms with Crippen molar-refractivity contribution in [1.29, 1.82) is 0 Å². The topological polar surface area (TPSA) is 0 Å². The van der Waals surface area contributed by atoms with Gasteiger partial charge in [-0.25, -0.2) is 0 Å². The summed E-state index contributed by atoms with van der Waals surface area (Å²) in [6.45, 7) is 7.28. The van der Waals surface area contributed by atoms with E-state index in [4.69, 9.17) is 0 Å². The molecule has 0 aromatic heterocycles. The first-order valence-electron chi connectivity index (χ1n) is 3.05. The van der Waals surface area contributed by atoms with Gasteiger partial charge in [0.1, 0.15) is 0 Å². The Hall–Kier alpha value is -1.30. The minimum absolute atomic E-state index is 0.956. The van der Waals surface area contributed by atoms with Crippen molar-refractivity contribution >= 4 is 12.2 Å². The van der Waals surface area contributed by atoms with Crippen molar-refractivity contribution in [2.24, 2.45) is 0 Å². The van der Waals surface area contributed by atoms with Crippen LogP contribution in [0.25, 0.3) is 12.2 Å². The molecule has 0 nitrogen and oxygen atoms in total. The first kappa shape index (κ1) is 6.81. The highest BCUT2D eigenvalue weighted by atomic mass is 13.9. The molecule has 0 heteroatoms. The van der Waals surface area contributed by atoms with E-state index >= 15 is 0 Å². The maximum Gasteiger partial charge on any atom is -0.00990 e. The summed E-state index contributed by atoms with van der Waals surface area (Å²) in [5.41, 5.74) is 1.91. The van der Waals surface area contributed by atoms with Crippen LogP contribution in [0, 0.1) is 12.1 Å². The highest BCUT2D eigenvalue weighted by Gasteiger charge is 1.90. The Morgan fingerprint density at radius 1 is 1.00 bits per heavy atom. The second kappa shape index (κ2) is 3.02. The maximum absolute atomic E-state index is 3.64. The molecule has 2 radical (unpaired) electrons. The van der Waals surface area contributed by atoms with Crippen LogP contribution >= 0.6 is 0 Å². The molecule has 0 N–H and O–H groups in total. The second-order valence-corrected chi connectivity index (χ2v) is 1.86. The molecule has 0 amide bonds. The van der Waals surface area contributed by atoms with Gasteiger partial charge in [-0.2, -0.15) is 0 Å². The third-order valence-corrected chi connectivity index (χ3v) is 1.26. The van der Waals surface area contributed by atoms with E-state index in [0.29, 0.717) is 0 Å². The minimum atomic E-state index is 0.956. The summed E-state index contributed by atoms with van der Waals surface area (Å²) in [5, 5.41) is 0. The van der Waals surface area contributed by atoms with Crippen LogP contribution in [-0.4, -0.2) is 0 Å². The lowest BCUT2D eigenvalue weighted by Crippen LogP contribution is -1.77. The monoisotopic (exact) mass is 128 g/mol. The van der Waals surface area contributed by atoms with Crippen molar-refractivity contribution in [2.75, 3.05) is 0 Å². The van der Waals surface area contributed by atoms with Crippen molar-refractivity contribution in [2.45, 2.75) is 0 Å². The van der Waals surface area contributed by atoms with Crippen LogP contribution in [-0.2, 0) is 0 Å². The molecule has 0 aliphatic carbocycles. The minimum Gasteiger partial charge on any atom is -0.0984 e. The Labute approximate surface area is 61.5 Å². The highest BCUT2D eigenvalue weighted by molar-refractivity contribution is 5.62. The Morgan fingerprint density at radius 2 is 1.40 bits per heavy atom. The van der Waals surface area contributed by atoms with Crippen LogP contribution in [0.3, 0.4) is 0 Å². The lowest BCUT2D eigenvalue weighted by molar-refractivity contribution is 1.59. The predicted octanol–water partition coefficient (Wildman–Crippen LogP) is 2.57. The fourth-order valence-electron chi connectivity index (χ4n) is 0.756. The van der Waals surface area contributed by atoms with Crippen LogP contribution in [0.5, 0.6) is 0 Å². The standard InChI is InChI=1S/C10H8/c1-3-9-7-5-6-8-10(9)4-2/h3-6H,1-2H2. The molecule has 0 unspecified atom stereocenters. The van der Waals surface area contributed by atoms with Crippen molar-refractivity contribution in [3.8, 4) is 0 Å². The molecule has 0 atom stereocenters. The molecule has 0 fully saturated rings. The van der Waals surface area contributed by atoms with Crippen LogP contribution < -0.4 is 0 Å². The highest BCUT2D eigenvalue weighted by Crippen LogP contribution is 2.08. The van der Waals surface area contributed by atoms with E-state index < -0.39 is 0 Å². The molecule has 1 aromatic carbocycles. The normalized spacial score (nSPS) is 8.80. The predicted molar refractivity (Wildman–Crippen MR) is 44.3 cm³/mol. The zero-order valence-corrected chi connectivity index (χ0v) is 5.72. The maximum atomic E-state index is 3.64. The lowest BCUT2D eigenvalue weighted by Gasteiger charge is -1.95. The van der Waals surface area contributed by atoms with Gasteiger partial charge in [0, 0.05) is 0 Å². The van der Waals surface area contributed by atoms with Gasteiger partial charge in [0.05, 0.1) is 0 Å². The Balaban J connectivity index is 3.20. The number of rotatable bonds is 2. The fraction of sp³-hybridized carbons (Fsp3) is 0. The van der Waals surface area contributed by atoms with E-state index in [1.165, 1.54) is 0 Å². The average Bonchev–Trinajstić information content (AvgIpc) is 2.04. The first-order valence-corrected chi connectivity index (χ1v) is 3.05. The van der Waals surface area contributed by atoms with Crippen molar-refractivity contribution in [3.05, 3.63) is 48.6 Å². The quantitative estimate of drug-likeness (QED) is 0.574. The molecule has 0 saturated carbocycles. The third kappa shape index (κ3) is 1.16. The molecular weight excluding hydrogens is 120 g/mol. The molecule has 1 aromatic rings. The summed E-state index contributed by atoms with van der Waals surface area (Å²) in [7, 11) is 0. The Bertz CT molecular complexity index is 219. The third-order valence-electron chi connectivity index (χ3n) is 1.26. The summed E-state index contributed by atoms with van der Waals surface area (Å²) < 4.78 is 0. The fourth-order valence-corrected chi connectivity index (χ4v) is 0.756. The molecular formula is C10H8. The number of hydrogen-bond donors (Lipinski definition) is 0. The van der Waals surface area contributed by atoms with Gasteiger partial charge >= 0.3 is 0 Å². The first-order chi connectivity index (χ1) is 4.88. The SMILES string of the molecule is C=Cc1[c]cc[c]c1C=C. The Morgan fingerprint density at radius 3 is 1.70 bits per heavy atom. The lowest BCUT2D eigenvalue weighted by atomic mass is 10.1. The van der Waals surface area contributed by atoms with Gasteiger partial charge in [0.15, 0.2) is 0 Å². The molecule has 0 heterocycles. The molecule has 0 aliphatic rings. The van der Waals surface area contributed by atoms with Gasteiger partial charge in [-0.3, -0.25) is 0 Å². The van der Waals surface area contributed by atoms with Gasteiger partial charge in [0.2, 0.25) is 0 Å². The van der Waals surface area contributed by atoms with E-state index in [2.05, 4.69) is 25.3 Å². The van der Waals surface area contributed by atoms with E-state index in [9.17, 15) is 0 Å². The van der Waals surface area contributed by atoms with Crippen molar-refractivity contribution < 1.29 is 0 Å². The summed E-state index contributed by atoms with van der Waals surface area (Å²) in [4.78, 5) is 0. The van der Waals surface area contributed by atoms with E-state index in [0.717, 1.165) is 11.1 Å². The summed E-state index contributed by atoms with van der Waals surface area (Å²) >= 11 is 0. The van der Waals surface area contributed by atoms with Crippen LogP contribution in [0.2, 0.25) is 0 Å². The average molecular weight is 128 g/mol. The smallest absolute Gasteiger partial charge is 0.00990 e. The molecule has 10 heavy (non-hydrogen) atoms. The summed E-state index contributed by atoms with van der Waals surface area (Å²) in [6.07, 6.45) is 3.49. The van der Waals surface area contributed by atoms with Crippen LogP contribution in [0.4, 0.5) is 0 Å². The van der Waals surface area contributed by atoms with Crippen molar-refractivity contribution in [3.63, 3.8) is 0 Å².